The van der Waals surface area contributed by atoms with Crippen molar-refractivity contribution in [3.8, 4) is 0 Å². The van der Waals surface area contributed by atoms with Crippen molar-refractivity contribution in [2.75, 3.05) is 6.54 Å². The second kappa shape index (κ2) is 3.80. The number of aliphatic imine (C=N–C) groups is 1. The molecule has 12 heavy (non-hydrogen) atoms. The van der Waals surface area contributed by atoms with Crippen LogP contribution in [0.5, 0.6) is 0 Å². The van der Waals surface area contributed by atoms with E-state index in [4.69, 9.17) is 0 Å². The van der Waals surface area contributed by atoms with Gasteiger partial charge in [0.05, 0.1) is 0 Å². The van der Waals surface area contributed by atoms with Gasteiger partial charge in [0.2, 0.25) is 0 Å². The summed E-state index contributed by atoms with van der Waals surface area (Å²) in [6, 6.07) is 7.51. The summed E-state index contributed by atoms with van der Waals surface area (Å²) in [5.74, 6) is 0.114. The molecule has 0 spiro atoms. The molecule has 0 saturated heterocycles. The highest BCUT2D eigenvalue weighted by Gasteiger charge is 2.11. The van der Waals surface area contributed by atoms with Crippen molar-refractivity contribution >= 4 is 36.0 Å². The van der Waals surface area contributed by atoms with E-state index in [2.05, 4.69) is 4.99 Å². The zero-order valence-electron chi connectivity index (χ0n) is 6.36. The van der Waals surface area contributed by atoms with Crippen molar-refractivity contribution in [3.63, 3.8) is 0 Å². The lowest BCUT2D eigenvalue weighted by Crippen LogP contribution is -2.11. The summed E-state index contributed by atoms with van der Waals surface area (Å²) in [7, 11) is 0. The van der Waals surface area contributed by atoms with Gasteiger partial charge in [0.25, 0.3) is 0 Å². The number of halogens is 1. The van der Waals surface area contributed by atoms with Gasteiger partial charge in [-0.2, -0.15) is 0 Å². The van der Waals surface area contributed by atoms with E-state index in [-0.39, 0.29) is 29.8 Å². The second-order valence-electron chi connectivity index (χ2n) is 2.48. The first-order chi connectivity index (χ1) is 5.38. The van der Waals surface area contributed by atoms with Crippen LogP contribution in [0.4, 0.5) is 0 Å². The number of Topliss-reactive ketones (excluding diaryl/α,β-unsaturated/α-hetero) is 1. The van der Waals surface area contributed by atoms with Gasteiger partial charge in [0, 0.05) is 17.3 Å². The fourth-order valence-electron chi connectivity index (χ4n) is 1.18. The molecule has 0 fully saturated rings. The summed E-state index contributed by atoms with van der Waals surface area (Å²) in [5, 5.41) is 0. The molecule has 0 N–H and O–H groups in total. The summed E-state index contributed by atoms with van der Waals surface area (Å²) in [6.07, 6.45) is 1.75. The first-order valence-corrected chi connectivity index (χ1v) is 3.50. The lowest BCUT2D eigenvalue weighted by molar-refractivity contribution is 0.100. The van der Waals surface area contributed by atoms with Gasteiger partial charge in [0.1, 0.15) is 6.54 Å². The smallest absolute Gasteiger partial charge is 0.184 e. The molecular formula is C9H8INO. The highest BCUT2D eigenvalue weighted by Crippen LogP contribution is 2.10. The molecular weight excluding hydrogens is 265 g/mol. The van der Waals surface area contributed by atoms with Gasteiger partial charge in [0.15, 0.2) is 5.78 Å². The number of fused-ring (bicyclic) bond motifs is 1. The molecule has 1 aromatic carbocycles. The maximum atomic E-state index is 11.2. The minimum atomic E-state index is 0. The molecule has 0 aromatic heterocycles. The molecule has 0 radical (unpaired) electrons. The standard InChI is InChI=1S/C9H7NO.HI/c11-9-6-10-5-7-3-1-2-4-8(7)9;/h1-5H,6H2;1H. The Bertz CT molecular complexity index is 333. The Balaban J connectivity index is 0.000000720. The predicted octanol–water partition coefficient (Wildman–Crippen LogP) is 1.92. The maximum Gasteiger partial charge on any atom is 0.184 e. The Kier molecular flexibility index (Phi) is 2.97. The molecule has 1 aromatic rings. The van der Waals surface area contributed by atoms with E-state index in [1.807, 2.05) is 24.3 Å². The number of ketones is 1. The van der Waals surface area contributed by atoms with Crippen LogP contribution in [0.2, 0.25) is 0 Å². The fraction of sp³-hybridized carbons (Fsp3) is 0.111. The van der Waals surface area contributed by atoms with Crippen molar-refractivity contribution < 1.29 is 4.79 Å². The highest BCUT2D eigenvalue weighted by molar-refractivity contribution is 14.0. The van der Waals surface area contributed by atoms with Gasteiger partial charge in [-0.25, -0.2) is 0 Å². The average molecular weight is 273 g/mol. The average Bonchev–Trinajstić information content (AvgIpc) is 2.06. The summed E-state index contributed by atoms with van der Waals surface area (Å²) in [5.41, 5.74) is 1.73. The molecule has 2 rings (SSSR count). The first kappa shape index (κ1) is 9.38. The van der Waals surface area contributed by atoms with Crippen LogP contribution >= 0.6 is 24.0 Å². The molecule has 0 amide bonds. The molecule has 1 aliphatic heterocycles. The van der Waals surface area contributed by atoms with E-state index in [1.54, 1.807) is 6.21 Å². The van der Waals surface area contributed by atoms with E-state index in [1.165, 1.54) is 0 Å². The van der Waals surface area contributed by atoms with Gasteiger partial charge in [-0.05, 0) is 0 Å². The van der Waals surface area contributed by atoms with Gasteiger partial charge in [-0.1, -0.05) is 24.3 Å². The predicted molar refractivity (Wildman–Crippen MR) is 58.6 cm³/mol. The molecule has 0 aliphatic carbocycles. The van der Waals surface area contributed by atoms with Crippen LogP contribution in [0, 0.1) is 0 Å². The Labute approximate surface area is 87.7 Å². The fourth-order valence-corrected chi connectivity index (χ4v) is 1.18. The minimum absolute atomic E-state index is 0. The number of hydrogen-bond acceptors (Lipinski definition) is 2. The zero-order chi connectivity index (χ0) is 7.68. The third-order valence-corrected chi connectivity index (χ3v) is 1.73. The van der Waals surface area contributed by atoms with Crippen molar-refractivity contribution in [2.24, 2.45) is 4.99 Å². The molecule has 2 nitrogen and oxygen atoms in total. The summed E-state index contributed by atoms with van der Waals surface area (Å²) in [4.78, 5) is 15.1. The normalized spacial score (nSPS) is 13.5. The van der Waals surface area contributed by atoms with Crippen LogP contribution < -0.4 is 0 Å². The van der Waals surface area contributed by atoms with Gasteiger partial charge >= 0.3 is 0 Å². The number of hydrogen-bond donors (Lipinski definition) is 0. The third-order valence-electron chi connectivity index (χ3n) is 1.73. The number of carbonyl (C=O) groups excluding carboxylic acids is 1. The largest absolute Gasteiger partial charge is 0.292 e. The second-order valence-corrected chi connectivity index (χ2v) is 2.48. The van der Waals surface area contributed by atoms with Crippen molar-refractivity contribution in [1.82, 2.24) is 0 Å². The number of rotatable bonds is 0. The number of carbonyl (C=O) groups is 1. The quantitative estimate of drug-likeness (QED) is 0.664. The summed E-state index contributed by atoms with van der Waals surface area (Å²) < 4.78 is 0. The molecule has 0 saturated carbocycles. The Morgan fingerprint density at radius 2 is 2.00 bits per heavy atom. The number of nitrogens with zero attached hydrogens (tertiary/aromatic N) is 1. The van der Waals surface area contributed by atoms with Crippen LogP contribution in [0.25, 0.3) is 0 Å². The molecule has 1 aliphatic rings. The molecule has 0 atom stereocenters. The Morgan fingerprint density at radius 3 is 2.75 bits per heavy atom. The Hall–Kier alpha value is -0.710. The monoisotopic (exact) mass is 273 g/mol. The Morgan fingerprint density at radius 1 is 1.25 bits per heavy atom. The van der Waals surface area contributed by atoms with E-state index < -0.39 is 0 Å². The molecule has 1 heterocycles. The topological polar surface area (TPSA) is 29.4 Å². The molecule has 0 unspecified atom stereocenters. The van der Waals surface area contributed by atoms with Crippen LogP contribution in [0.3, 0.4) is 0 Å². The SMILES string of the molecule is I.O=C1CN=Cc2ccccc21. The van der Waals surface area contributed by atoms with Gasteiger partial charge in [-0.15, -0.1) is 24.0 Å². The lowest BCUT2D eigenvalue weighted by Gasteiger charge is -2.06. The molecule has 62 valence electrons. The zero-order valence-corrected chi connectivity index (χ0v) is 8.69. The van der Waals surface area contributed by atoms with Gasteiger partial charge in [-0.3, -0.25) is 9.79 Å². The van der Waals surface area contributed by atoms with Crippen molar-refractivity contribution in [3.05, 3.63) is 35.4 Å². The maximum absolute atomic E-state index is 11.2. The van der Waals surface area contributed by atoms with Crippen LogP contribution in [0.15, 0.2) is 29.3 Å². The number of benzene rings is 1. The summed E-state index contributed by atoms with van der Waals surface area (Å²) >= 11 is 0. The third kappa shape index (κ3) is 1.55. The van der Waals surface area contributed by atoms with E-state index in [0.29, 0.717) is 6.54 Å². The minimum Gasteiger partial charge on any atom is -0.292 e. The molecule has 0 bridgehead atoms. The lowest BCUT2D eigenvalue weighted by atomic mass is 10.0. The van der Waals surface area contributed by atoms with Crippen LogP contribution in [-0.4, -0.2) is 18.5 Å². The molecule has 3 heteroatoms. The van der Waals surface area contributed by atoms with E-state index >= 15 is 0 Å². The van der Waals surface area contributed by atoms with E-state index in [9.17, 15) is 4.79 Å². The van der Waals surface area contributed by atoms with Crippen LogP contribution in [-0.2, 0) is 0 Å². The summed E-state index contributed by atoms with van der Waals surface area (Å²) in [6.45, 7) is 0.303. The van der Waals surface area contributed by atoms with Gasteiger partial charge < -0.3 is 0 Å². The van der Waals surface area contributed by atoms with Crippen molar-refractivity contribution in [1.29, 1.82) is 0 Å². The first-order valence-electron chi connectivity index (χ1n) is 3.50. The van der Waals surface area contributed by atoms with Crippen LogP contribution in [0.1, 0.15) is 15.9 Å². The highest BCUT2D eigenvalue weighted by atomic mass is 127. The van der Waals surface area contributed by atoms with E-state index in [0.717, 1.165) is 11.1 Å². The van der Waals surface area contributed by atoms with Crippen molar-refractivity contribution in [2.45, 2.75) is 0 Å².